The van der Waals surface area contributed by atoms with E-state index in [2.05, 4.69) is 42.7 Å². The number of aliphatic imine (C=N–C) groups is 1. The Morgan fingerprint density at radius 3 is 2.36 bits per heavy atom. The SMILES string of the molecule is Cc1ccc(/N=C(/C=C/Sc2ccc(F)cc2)C2CCCCC2)cc1. The van der Waals surface area contributed by atoms with Gasteiger partial charge in [-0.3, -0.25) is 4.99 Å². The first-order valence-corrected chi connectivity index (χ1v) is 9.83. The smallest absolute Gasteiger partial charge is 0.123 e. The molecule has 2 aromatic carbocycles. The predicted octanol–water partition coefficient (Wildman–Crippen LogP) is 7.09. The fourth-order valence-corrected chi connectivity index (χ4v) is 3.78. The van der Waals surface area contributed by atoms with Crippen LogP contribution in [0.2, 0.25) is 0 Å². The van der Waals surface area contributed by atoms with E-state index < -0.39 is 0 Å². The van der Waals surface area contributed by atoms with Crippen LogP contribution in [0.15, 0.2) is 69.9 Å². The largest absolute Gasteiger partial charge is 0.253 e. The molecule has 2 aromatic rings. The van der Waals surface area contributed by atoms with E-state index >= 15 is 0 Å². The number of thioether (sulfide) groups is 1. The lowest BCUT2D eigenvalue weighted by molar-refractivity contribution is 0.440. The maximum absolute atomic E-state index is 13.0. The first-order valence-electron chi connectivity index (χ1n) is 8.95. The number of nitrogens with zero attached hydrogens (tertiary/aromatic N) is 1. The molecule has 0 aliphatic heterocycles. The zero-order chi connectivity index (χ0) is 17.5. The van der Waals surface area contributed by atoms with Gasteiger partial charge in [-0.05, 0) is 67.6 Å². The van der Waals surface area contributed by atoms with Crippen LogP contribution in [0.3, 0.4) is 0 Å². The molecule has 0 N–H and O–H groups in total. The van der Waals surface area contributed by atoms with Gasteiger partial charge in [0.1, 0.15) is 5.82 Å². The summed E-state index contributed by atoms with van der Waals surface area (Å²) < 4.78 is 13.0. The third-order valence-corrected chi connectivity index (χ3v) is 5.39. The van der Waals surface area contributed by atoms with Gasteiger partial charge in [0.25, 0.3) is 0 Å². The number of hydrogen-bond acceptors (Lipinski definition) is 2. The second-order valence-electron chi connectivity index (χ2n) is 6.58. The lowest BCUT2D eigenvalue weighted by atomic mass is 9.85. The van der Waals surface area contributed by atoms with Crippen LogP contribution in [-0.4, -0.2) is 5.71 Å². The Morgan fingerprint density at radius 2 is 1.68 bits per heavy atom. The maximum Gasteiger partial charge on any atom is 0.123 e. The Labute approximate surface area is 154 Å². The van der Waals surface area contributed by atoms with E-state index in [1.807, 2.05) is 12.1 Å². The minimum atomic E-state index is -0.197. The molecule has 130 valence electrons. The van der Waals surface area contributed by atoms with Crippen LogP contribution in [0.5, 0.6) is 0 Å². The first kappa shape index (κ1) is 17.9. The first-order chi connectivity index (χ1) is 12.2. The highest BCUT2D eigenvalue weighted by Crippen LogP contribution is 2.28. The van der Waals surface area contributed by atoms with Crippen molar-refractivity contribution in [3.8, 4) is 0 Å². The van der Waals surface area contributed by atoms with Crippen LogP contribution in [0.1, 0.15) is 37.7 Å². The van der Waals surface area contributed by atoms with Crippen molar-refractivity contribution in [1.29, 1.82) is 0 Å². The van der Waals surface area contributed by atoms with Crippen molar-refractivity contribution in [2.45, 2.75) is 43.9 Å². The number of halogens is 1. The molecule has 0 heterocycles. The Kier molecular flexibility index (Phi) is 6.46. The summed E-state index contributed by atoms with van der Waals surface area (Å²) in [5.41, 5.74) is 3.43. The second kappa shape index (κ2) is 9.00. The third-order valence-electron chi connectivity index (χ3n) is 4.57. The Bertz CT molecular complexity index is 726. The van der Waals surface area contributed by atoms with Gasteiger partial charge < -0.3 is 0 Å². The van der Waals surface area contributed by atoms with Gasteiger partial charge >= 0.3 is 0 Å². The zero-order valence-electron chi connectivity index (χ0n) is 14.6. The monoisotopic (exact) mass is 353 g/mol. The van der Waals surface area contributed by atoms with E-state index in [1.54, 1.807) is 11.8 Å². The van der Waals surface area contributed by atoms with E-state index in [9.17, 15) is 4.39 Å². The number of benzene rings is 2. The van der Waals surface area contributed by atoms with Crippen LogP contribution < -0.4 is 0 Å². The number of rotatable bonds is 5. The molecule has 0 atom stereocenters. The molecule has 0 bridgehead atoms. The molecule has 0 spiro atoms. The Balaban J connectivity index is 1.76. The number of aryl methyl sites for hydroxylation is 1. The molecule has 0 aromatic heterocycles. The van der Waals surface area contributed by atoms with E-state index in [0.29, 0.717) is 5.92 Å². The van der Waals surface area contributed by atoms with Gasteiger partial charge in [-0.15, -0.1) is 0 Å². The quantitative estimate of drug-likeness (QED) is 0.413. The molecule has 1 aliphatic rings. The summed E-state index contributed by atoms with van der Waals surface area (Å²) in [6, 6.07) is 15.0. The minimum absolute atomic E-state index is 0.197. The van der Waals surface area contributed by atoms with Crippen molar-refractivity contribution in [3.63, 3.8) is 0 Å². The topological polar surface area (TPSA) is 12.4 Å². The molecular formula is C22H24FNS. The summed E-state index contributed by atoms with van der Waals surface area (Å²) in [5, 5.41) is 2.08. The van der Waals surface area contributed by atoms with Gasteiger partial charge in [0.2, 0.25) is 0 Å². The van der Waals surface area contributed by atoms with Crippen LogP contribution in [-0.2, 0) is 0 Å². The van der Waals surface area contributed by atoms with Crippen molar-refractivity contribution < 1.29 is 4.39 Å². The summed E-state index contributed by atoms with van der Waals surface area (Å²) in [6.07, 6.45) is 8.49. The molecule has 0 amide bonds. The van der Waals surface area contributed by atoms with Gasteiger partial charge in [0.05, 0.1) is 5.69 Å². The Hall–Kier alpha value is -1.87. The van der Waals surface area contributed by atoms with Crippen molar-refractivity contribution in [3.05, 3.63) is 71.4 Å². The molecule has 3 rings (SSSR count). The lowest BCUT2D eigenvalue weighted by Crippen LogP contribution is -2.15. The third kappa shape index (κ3) is 5.57. The summed E-state index contributed by atoms with van der Waals surface area (Å²) in [7, 11) is 0. The van der Waals surface area contributed by atoms with Crippen LogP contribution in [0.25, 0.3) is 0 Å². The average Bonchev–Trinajstić information content (AvgIpc) is 2.65. The number of hydrogen-bond donors (Lipinski definition) is 0. The second-order valence-corrected chi connectivity index (χ2v) is 7.56. The highest BCUT2D eigenvalue weighted by molar-refractivity contribution is 8.02. The summed E-state index contributed by atoms with van der Waals surface area (Å²) in [5.74, 6) is 0.345. The van der Waals surface area contributed by atoms with Crippen molar-refractivity contribution >= 4 is 23.2 Å². The van der Waals surface area contributed by atoms with Gasteiger partial charge in [-0.1, -0.05) is 48.7 Å². The summed E-state index contributed by atoms with van der Waals surface area (Å²) in [4.78, 5) is 5.96. The van der Waals surface area contributed by atoms with Gasteiger partial charge in [-0.25, -0.2) is 4.39 Å². The zero-order valence-corrected chi connectivity index (χ0v) is 15.4. The molecule has 1 nitrogen and oxygen atoms in total. The molecule has 1 fully saturated rings. The van der Waals surface area contributed by atoms with Crippen LogP contribution in [0.4, 0.5) is 10.1 Å². The van der Waals surface area contributed by atoms with E-state index in [-0.39, 0.29) is 5.82 Å². The van der Waals surface area contributed by atoms with Crippen LogP contribution >= 0.6 is 11.8 Å². The van der Waals surface area contributed by atoms with Gasteiger partial charge in [-0.2, -0.15) is 0 Å². The molecule has 25 heavy (non-hydrogen) atoms. The summed E-state index contributed by atoms with van der Waals surface area (Å²) >= 11 is 1.61. The van der Waals surface area contributed by atoms with Crippen LogP contribution in [0, 0.1) is 18.7 Å². The van der Waals surface area contributed by atoms with Crippen molar-refractivity contribution in [2.75, 3.05) is 0 Å². The van der Waals surface area contributed by atoms with Crippen molar-refractivity contribution in [2.24, 2.45) is 10.9 Å². The molecular weight excluding hydrogens is 329 g/mol. The molecule has 0 radical (unpaired) electrons. The Morgan fingerprint density at radius 1 is 1.00 bits per heavy atom. The van der Waals surface area contributed by atoms with E-state index in [4.69, 9.17) is 4.99 Å². The minimum Gasteiger partial charge on any atom is -0.253 e. The lowest BCUT2D eigenvalue weighted by Gasteiger charge is -2.21. The molecule has 1 aliphatic carbocycles. The normalized spacial score (nSPS) is 16.5. The predicted molar refractivity (Wildman–Crippen MR) is 106 cm³/mol. The highest BCUT2D eigenvalue weighted by atomic mass is 32.2. The molecule has 0 saturated heterocycles. The average molecular weight is 354 g/mol. The summed E-state index contributed by atoms with van der Waals surface area (Å²) in [6.45, 7) is 2.09. The highest BCUT2D eigenvalue weighted by Gasteiger charge is 2.17. The molecule has 0 unspecified atom stereocenters. The fraction of sp³-hybridized carbons (Fsp3) is 0.318. The maximum atomic E-state index is 13.0. The fourth-order valence-electron chi connectivity index (χ4n) is 3.13. The van der Waals surface area contributed by atoms with Gasteiger partial charge in [0.15, 0.2) is 0 Å². The van der Waals surface area contributed by atoms with Gasteiger partial charge in [0, 0.05) is 16.5 Å². The molecule has 3 heteroatoms. The number of allylic oxidation sites excluding steroid dienone is 1. The van der Waals surface area contributed by atoms with Crippen molar-refractivity contribution in [1.82, 2.24) is 0 Å². The standard InChI is InChI=1S/C22H24FNS/c1-17-7-11-20(12-8-17)24-22(18-5-3-2-4-6-18)15-16-25-21-13-9-19(23)10-14-21/h7-16,18H,2-6H2,1H3/b16-15+,24-22-. The van der Waals surface area contributed by atoms with E-state index in [1.165, 1.54) is 49.8 Å². The molecule has 1 saturated carbocycles. The van der Waals surface area contributed by atoms with E-state index in [0.717, 1.165) is 16.3 Å².